The van der Waals surface area contributed by atoms with Crippen LogP contribution < -0.4 is 0 Å². The minimum absolute atomic E-state index is 0.0517. The molecule has 0 radical (unpaired) electrons. The number of ether oxygens (including phenoxy) is 1. The number of hydrogen-bond acceptors (Lipinski definition) is 5. The zero-order chi connectivity index (χ0) is 15.3. The van der Waals surface area contributed by atoms with Gasteiger partial charge in [0.25, 0.3) is 0 Å². The maximum atomic E-state index is 12.7. The van der Waals surface area contributed by atoms with Gasteiger partial charge < -0.3 is 9.84 Å². The van der Waals surface area contributed by atoms with Crippen molar-refractivity contribution < 1.29 is 23.1 Å². The Morgan fingerprint density at radius 3 is 2.55 bits per heavy atom. The van der Waals surface area contributed by atoms with E-state index in [-0.39, 0.29) is 19.2 Å². The van der Waals surface area contributed by atoms with E-state index in [0.29, 0.717) is 19.3 Å². The van der Waals surface area contributed by atoms with Gasteiger partial charge in [-0.3, -0.25) is 4.79 Å². The van der Waals surface area contributed by atoms with E-state index in [1.54, 1.807) is 13.8 Å². The molecule has 20 heavy (non-hydrogen) atoms. The Hall–Kier alpha value is -0.660. The molecule has 0 spiro atoms. The summed E-state index contributed by atoms with van der Waals surface area (Å²) in [4.78, 5) is 11.7. The summed E-state index contributed by atoms with van der Waals surface area (Å²) in [6.07, 6.45) is 2.16. The molecule has 1 aliphatic rings. The first-order valence-corrected chi connectivity index (χ1v) is 8.56. The normalized spacial score (nSPS) is 23.5. The topological polar surface area (TPSA) is 83.9 Å². The second kappa shape index (κ2) is 7.38. The number of aliphatic hydroxyl groups is 1. The lowest BCUT2D eigenvalue weighted by Crippen LogP contribution is -2.46. The zero-order valence-electron chi connectivity index (χ0n) is 12.4. The molecule has 2 atom stereocenters. The summed E-state index contributed by atoms with van der Waals surface area (Å²) in [6, 6.07) is -0.189. The number of nitrogens with zero attached hydrogens (tertiary/aromatic N) is 1. The first-order chi connectivity index (χ1) is 9.36. The van der Waals surface area contributed by atoms with Crippen LogP contribution in [-0.2, 0) is 19.6 Å². The van der Waals surface area contributed by atoms with Crippen molar-refractivity contribution in [1.82, 2.24) is 4.31 Å². The minimum Gasteiger partial charge on any atom is -0.469 e. The highest BCUT2D eigenvalue weighted by atomic mass is 32.2. The van der Waals surface area contributed by atoms with Crippen LogP contribution in [0, 0.1) is 5.92 Å². The number of esters is 1. The van der Waals surface area contributed by atoms with Crippen LogP contribution in [0.25, 0.3) is 0 Å². The molecular formula is C13H25NO5S. The fourth-order valence-corrected chi connectivity index (χ4v) is 5.23. The molecule has 0 aromatic heterocycles. The van der Waals surface area contributed by atoms with Crippen LogP contribution in [0.15, 0.2) is 0 Å². The van der Waals surface area contributed by atoms with Crippen LogP contribution >= 0.6 is 0 Å². The van der Waals surface area contributed by atoms with E-state index in [9.17, 15) is 13.2 Å². The zero-order valence-corrected chi connectivity index (χ0v) is 13.2. The number of aliphatic hydroxyl groups excluding tert-OH is 1. The average Bonchev–Trinajstić information content (AvgIpc) is 2.87. The van der Waals surface area contributed by atoms with Gasteiger partial charge in [0.05, 0.1) is 18.3 Å². The fourth-order valence-electron chi connectivity index (χ4n) is 2.78. The summed E-state index contributed by atoms with van der Waals surface area (Å²) in [5.41, 5.74) is 0. The van der Waals surface area contributed by atoms with Crippen LogP contribution in [0.2, 0.25) is 0 Å². The SMILES string of the molecule is COC(=O)C1CCCC1S(=O)(=O)N(CCCO)C(C)C. The summed E-state index contributed by atoms with van der Waals surface area (Å²) in [6.45, 7) is 3.83. The first-order valence-electron chi connectivity index (χ1n) is 7.05. The Labute approximate surface area is 121 Å². The predicted octanol–water partition coefficient (Wildman–Crippen LogP) is 0.751. The molecule has 0 heterocycles. The molecule has 1 saturated carbocycles. The Morgan fingerprint density at radius 2 is 2.05 bits per heavy atom. The summed E-state index contributed by atoms with van der Waals surface area (Å²) in [5, 5.41) is 8.21. The van der Waals surface area contributed by atoms with E-state index >= 15 is 0 Å². The molecule has 0 saturated heterocycles. The third-order valence-electron chi connectivity index (χ3n) is 3.78. The van der Waals surface area contributed by atoms with Crippen LogP contribution in [0.5, 0.6) is 0 Å². The van der Waals surface area contributed by atoms with Crippen molar-refractivity contribution in [1.29, 1.82) is 0 Å². The van der Waals surface area contributed by atoms with Crippen molar-refractivity contribution in [3.8, 4) is 0 Å². The molecule has 6 nitrogen and oxygen atoms in total. The van der Waals surface area contributed by atoms with Crippen LogP contribution in [-0.4, -0.2) is 55.4 Å². The monoisotopic (exact) mass is 307 g/mol. The Morgan fingerprint density at radius 1 is 1.40 bits per heavy atom. The van der Waals surface area contributed by atoms with Gasteiger partial charge in [-0.2, -0.15) is 4.31 Å². The molecule has 0 aromatic rings. The largest absolute Gasteiger partial charge is 0.469 e. The molecule has 0 bridgehead atoms. The van der Waals surface area contributed by atoms with Crippen LogP contribution in [0.4, 0.5) is 0 Å². The number of carbonyl (C=O) groups excluding carboxylic acids is 1. The van der Waals surface area contributed by atoms with E-state index in [2.05, 4.69) is 0 Å². The maximum absolute atomic E-state index is 12.7. The number of rotatable bonds is 7. The lowest BCUT2D eigenvalue weighted by atomic mass is 10.1. The molecule has 7 heteroatoms. The van der Waals surface area contributed by atoms with Gasteiger partial charge in [0.15, 0.2) is 0 Å². The molecule has 0 amide bonds. The Bertz CT molecular complexity index is 420. The molecule has 1 fully saturated rings. The van der Waals surface area contributed by atoms with Crippen LogP contribution in [0.3, 0.4) is 0 Å². The lowest BCUT2D eigenvalue weighted by Gasteiger charge is -2.30. The highest BCUT2D eigenvalue weighted by molar-refractivity contribution is 7.89. The smallest absolute Gasteiger partial charge is 0.310 e. The predicted molar refractivity (Wildman–Crippen MR) is 75.6 cm³/mol. The molecule has 0 aliphatic heterocycles. The third-order valence-corrected chi connectivity index (χ3v) is 6.37. The second-order valence-corrected chi connectivity index (χ2v) is 7.53. The van der Waals surface area contributed by atoms with Gasteiger partial charge in [0.2, 0.25) is 10.0 Å². The summed E-state index contributed by atoms with van der Waals surface area (Å²) >= 11 is 0. The standard InChI is InChI=1S/C13H25NO5S/c1-10(2)14(8-5-9-15)20(17,18)12-7-4-6-11(12)13(16)19-3/h10-12,15H,4-9H2,1-3H3. The van der Waals surface area contributed by atoms with Crippen molar-refractivity contribution in [3.63, 3.8) is 0 Å². The van der Waals surface area contributed by atoms with Gasteiger partial charge in [0, 0.05) is 19.2 Å². The van der Waals surface area contributed by atoms with Gasteiger partial charge in [-0.25, -0.2) is 8.42 Å². The van der Waals surface area contributed by atoms with E-state index in [1.807, 2.05) is 0 Å². The van der Waals surface area contributed by atoms with Gasteiger partial charge in [-0.05, 0) is 33.1 Å². The number of hydrogen-bond donors (Lipinski definition) is 1. The van der Waals surface area contributed by atoms with E-state index < -0.39 is 27.2 Å². The minimum atomic E-state index is -3.56. The highest BCUT2D eigenvalue weighted by Crippen LogP contribution is 2.34. The van der Waals surface area contributed by atoms with Gasteiger partial charge in [0.1, 0.15) is 0 Å². The second-order valence-electron chi connectivity index (χ2n) is 5.43. The Kier molecular flexibility index (Phi) is 6.42. The van der Waals surface area contributed by atoms with Crippen molar-refractivity contribution in [3.05, 3.63) is 0 Å². The lowest BCUT2D eigenvalue weighted by molar-refractivity contribution is -0.145. The quantitative estimate of drug-likeness (QED) is 0.702. The first kappa shape index (κ1) is 17.4. The molecule has 1 N–H and O–H groups in total. The van der Waals surface area contributed by atoms with Crippen molar-refractivity contribution in [2.75, 3.05) is 20.3 Å². The van der Waals surface area contributed by atoms with Gasteiger partial charge in [-0.1, -0.05) is 6.42 Å². The highest BCUT2D eigenvalue weighted by Gasteiger charge is 2.45. The van der Waals surface area contributed by atoms with Crippen LogP contribution in [0.1, 0.15) is 39.5 Å². The summed E-state index contributed by atoms with van der Waals surface area (Å²) < 4.78 is 31.6. The van der Waals surface area contributed by atoms with Crippen molar-refractivity contribution in [2.45, 2.75) is 50.8 Å². The van der Waals surface area contributed by atoms with Gasteiger partial charge in [-0.15, -0.1) is 0 Å². The molecule has 0 aromatic carbocycles. The van der Waals surface area contributed by atoms with E-state index in [4.69, 9.17) is 9.84 Å². The third kappa shape index (κ3) is 3.71. The van der Waals surface area contributed by atoms with Crippen molar-refractivity contribution in [2.24, 2.45) is 5.92 Å². The summed E-state index contributed by atoms with van der Waals surface area (Å²) in [7, 11) is -2.27. The van der Waals surface area contributed by atoms with E-state index in [1.165, 1.54) is 11.4 Å². The Balaban J connectivity index is 2.97. The summed E-state index contributed by atoms with van der Waals surface area (Å²) in [5.74, 6) is -1.01. The van der Waals surface area contributed by atoms with Gasteiger partial charge >= 0.3 is 5.97 Å². The molecular weight excluding hydrogens is 282 g/mol. The fraction of sp³-hybridized carbons (Fsp3) is 0.923. The van der Waals surface area contributed by atoms with E-state index in [0.717, 1.165) is 6.42 Å². The molecule has 118 valence electrons. The molecule has 2 unspecified atom stereocenters. The number of methoxy groups -OCH3 is 1. The van der Waals surface area contributed by atoms with Crippen molar-refractivity contribution >= 4 is 16.0 Å². The molecule has 1 rings (SSSR count). The average molecular weight is 307 g/mol. The number of carbonyl (C=O) groups is 1. The number of sulfonamides is 1. The maximum Gasteiger partial charge on any atom is 0.310 e. The molecule has 1 aliphatic carbocycles.